The van der Waals surface area contributed by atoms with E-state index in [-0.39, 0.29) is 29.7 Å². The third-order valence-corrected chi connectivity index (χ3v) is 7.90. The lowest BCUT2D eigenvalue weighted by molar-refractivity contribution is -0.151. The SMILES string of the molecule is COc1ccc2cc(COC(=O)C3CCN(S(=O)(=O)c4ccc(F)cc4)CC3)c(Cl)nc2c1. The largest absolute Gasteiger partial charge is 0.497 e. The zero-order chi connectivity index (χ0) is 23.6. The van der Waals surface area contributed by atoms with Crippen molar-refractivity contribution in [3.63, 3.8) is 0 Å². The molecule has 0 saturated carbocycles. The van der Waals surface area contributed by atoms with Crippen molar-refractivity contribution in [1.29, 1.82) is 0 Å². The van der Waals surface area contributed by atoms with Gasteiger partial charge in [0.25, 0.3) is 0 Å². The average Bonchev–Trinajstić information content (AvgIpc) is 2.82. The van der Waals surface area contributed by atoms with Crippen LogP contribution in [0, 0.1) is 11.7 Å². The maximum absolute atomic E-state index is 13.1. The summed E-state index contributed by atoms with van der Waals surface area (Å²) in [6.45, 7) is 0.333. The van der Waals surface area contributed by atoms with Crippen molar-refractivity contribution in [3.05, 3.63) is 65.1 Å². The summed E-state index contributed by atoms with van der Waals surface area (Å²) in [6, 6.07) is 11.9. The molecule has 1 aromatic heterocycles. The number of rotatable bonds is 6. The van der Waals surface area contributed by atoms with E-state index < -0.39 is 27.7 Å². The monoisotopic (exact) mass is 492 g/mol. The number of piperidine rings is 1. The lowest BCUT2D eigenvalue weighted by Gasteiger charge is -2.30. The van der Waals surface area contributed by atoms with E-state index in [1.54, 1.807) is 13.2 Å². The molecule has 7 nitrogen and oxygen atoms in total. The van der Waals surface area contributed by atoms with E-state index in [1.807, 2.05) is 18.2 Å². The first-order chi connectivity index (χ1) is 15.8. The van der Waals surface area contributed by atoms with Crippen molar-refractivity contribution >= 4 is 38.5 Å². The molecule has 0 amide bonds. The molecule has 2 heterocycles. The third kappa shape index (κ3) is 5.10. The summed E-state index contributed by atoms with van der Waals surface area (Å²) in [4.78, 5) is 17.0. The second kappa shape index (κ2) is 9.62. The lowest BCUT2D eigenvalue weighted by atomic mass is 9.98. The van der Waals surface area contributed by atoms with E-state index in [9.17, 15) is 17.6 Å². The van der Waals surface area contributed by atoms with Gasteiger partial charge in [0.05, 0.1) is 23.4 Å². The fraction of sp³-hybridized carbons (Fsp3) is 0.304. The van der Waals surface area contributed by atoms with Gasteiger partial charge in [0.1, 0.15) is 23.3 Å². The number of ether oxygens (including phenoxy) is 2. The first-order valence-electron chi connectivity index (χ1n) is 10.3. The van der Waals surface area contributed by atoms with Gasteiger partial charge in [-0.2, -0.15) is 4.31 Å². The molecule has 1 saturated heterocycles. The molecule has 0 bridgehead atoms. The van der Waals surface area contributed by atoms with E-state index in [0.717, 1.165) is 17.5 Å². The second-order valence-electron chi connectivity index (χ2n) is 7.74. The molecule has 1 fully saturated rings. The lowest BCUT2D eigenvalue weighted by Crippen LogP contribution is -2.40. The van der Waals surface area contributed by atoms with Gasteiger partial charge in [0.2, 0.25) is 10.0 Å². The number of fused-ring (bicyclic) bond motifs is 1. The minimum absolute atomic E-state index is 0.0271. The summed E-state index contributed by atoms with van der Waals surface area (Å²) in [7, 11) is -2.17. The Bertz CT molecular complexity index is 1280. The number of methoxy groups -OCH3 is 1. The predicted molar refractivity (Wildman–Crippen MR) is 121 cm³/mol. The maximum Gasteiger partial charge on any atom is 0.309 e. The highest BCUT2D eigenvalue weighted by Gasteiger charge is 2.33. The van der Waals surface area contributed by atoms with Gasteiger partial charge in [0, 0.05) is 30.1 Å². The first-order valence-corrected chi connectivity index (χ1v) is 12.2. The summed E-state index contributed by atoms with van der Waals surface area (Å²) in [6.07, 6.45) is 0.672. The van der Waals surface area contributed by atoms with Crippen LogP contribution in [0.2, 0.25) is 5.15 Å². The number of halogens is 2. The van der Waals surface area contributed by atoms with Crippen molar-refractivity contribution in [1.82, 2.24) is 9.29 Å². The average molecular weight is 493 g/mol. The molecule has 174 valence electrons. The minimum Gasteiger partial charge on any atom is -0.497 e. The van der Waals surface area contributed by atoms with Crippen molar-refractivity contribution in [3.8, 4) is 5.75 Å². The predicted octanol–water partition coefficient (Wildman–Crippen LogP) is 4.18. The quantitative estimate of drug-likeness (QED) is 0.379. The number of aromatic nitrogens is 1. The van der Waals surface area contributed by atoms with Crippen LogP contribution in [0.5, 0.6) is 5.75 Å². The molecule has 0 aliphatic carbocycles. The van der Waals surface area contributed by atoms with Crippen LogP contribution < -0.4 is 4.74 Å². The number of carbonyl (C=O) groups is 1. The van der Waals surface area contributed by atoms with Crippen LogP contribution in [0.3, 0.4) is 0 Å². The van der Waals surface area contributed by atoms with Crippen molar-refractivity contribution < 1.29 is 27.1 Å². The standard InChI is InChI=1S/C23H22ClFN2O5S/c1-31-19-5-2-16-12-17(22(24)26-21(16)13-19)14-32-23(28)15-8-10-27(11-9-15)33(29,30)20-6-3-18(25)4-7-20/h2-7,12-13,15H,8-11,14H2,1H3. The molecule has 0 atom stereocenters. The number of sulfonamides is 1. The Morgan fingerprint density at radius 2 is 1.85 bits per heavy atom. The van der Waals surface area contributed by atoms with Crippen LogP contribution in [0.4, 0.5) is 4.39 Å². The van der Waals surface area contributed by atoms with E-state index in [1.165, 1.54) is 16.4 Å². The van der Waals surface area contributed by atoms with Gasteiger partial charge >= 0.3 is 5.97 Å². The molecule has 2 aromatic carbocycles. The van der Waals surface area contributed by atoms with Crippen LogP contribution in [-0.4, -0.2) is 43.9 Å². The molecule has 0 N–H and O–H groups in total. The van der Waals surface area contributed by atoms with E-state index in [2.05, 4.69) is 4.98 Å². The topological polar surface area (TPSA) is 85.8 Å². The van der Waals surface area contributed by atoms with Crippen LogP contribution in [-0.2, 0) is 26.2 Å². The molecular formula is C23H22ClFN2O5S. The number of hydrogen-bond acceptors (Lipinski definition) is 6. The summed E-state index contributed by atoms with van der Waals surface area (Å²) in [5, 5.41) is 1.08. The molecule has 1 aliphatic heterocycles. The zero-order valence-electron chi connectivity index (χ0n) is 17.8. The van der Waals surface area contributed by atoms with Crippen molar-refractivity contribution in [2.24, 2.45) is 5.92 Å². The second-order valence-corrected chi connectivity index (χ2v) is 10.0. The Labute approximate surface area is 196 Å². The smallest absolute Gasteiger partial charge is 0.309 e. The molecule has 3 aromatic rings. The Morgan fingerprint density at radius 3 is 2.52 bits per heavy atom. The van der Waals surface area contributed by atoms with Gasteiger partial charge in [-0.1, -0.05) is 11.6 Å². The molecule has 33 heavy (non-hydrogen) atoms. The Morgan fingerprint density at radius 1 is 1.15 bits per heavy atom. The van der Waals surface area contributed by atoms with Gasteiger partial charge in [-0.25, -0.2) is 17.8 Å². The van der Waals surface area contributed by atoms with Gasteiger partial charge in [-0.05, 0) is 55.3 Å². The molecule has 4 rings (SSSR count). The Kier molecular flexibility index (Phi) is 6.83. The summed E-state index contributed by atoms with van der Waals surface area (Å²) in [5.41, 5.74) is 1.25. The van der Waals surface area contributed by atoms with Gasteiger partial charge in [0.15, 0.2) is 0 Å². The normalized spacial score (nSPS) is 15.5. The summed E-state index contributed by atoms with van der Waals surface area (Å²) >= 11 is 6.27. The van der Waals surface area contributed by atoms with Crippen LogP contribution >= 0.6 is 11.6 Å². The number of pyridine rings is 1. The zero-order valence-corrected chi connectivity index (χ0v) is 19.4. The number of nitrogens with zero attached hydrogens (tertiary/aromatic N) is 2. The van der Waals surface area contributed by atoms with Crippen LogP contribution in [0.1, 0.15) is 18.4 Å². The van der Waals surface area contributed by atoms with Crippen molar-refractivity contribution in [2.45, 2.75) is 24.3 Å². The highest BCUT2D eigenvalue weighted by Crippen LogP contribution is 2.27. The fourth-order valence-electron chi connectivity index (χ4n) is 3.75. The molecule has 0 radical (unpaired) electrons. The minimum atomic E-state index is -3.73. The molecule has 0 spiro atoms. The fourth-order valence-corrected chi connectivity index (χ4v) is 5.42. The highest BCUT2D eigenvalue weighted by atomic mass is 35.5. The number of hydrogen-bond donors (Lipinski definition) is 0. The van der Waals surface area contributed by atoms with Crippen LogP contribution in [0.25, 0.3) is 10.9 Å². The van der Waals surface area contributed by atoms with Gasteiger partial charge in [-0.3, -0.25) is 4.79 Å². The van der Waals surface area contributed by atoms with Crippen LogP contribution in [0.15, 0.2) is 53.4 Å². The van der Waals surface area contributed by atoms with Gasteiger partial charge in [-0.15, -0.1) is 0 Å². The number of carbonyl (C=O) groups excluding carboxylic acids is 1. The molecule has 1 aliphatic rings. The number of benzene rings is 2. The Balaban J connectivity index is 1.36. The van der Waals surface area contributed by atoms with Crippen molar-refractivity contribution in [2.75, 3.05) is 20.2 Å². The number of esters is 1. The molecule has 0 unspecified atom stereocenters. The van der Waals surface area contributed by atoms with Gasteiger partial charge < -0.3 is 9.47 Å². The van der Waals surface area contributed by atoms with E-state index >= 15 is 0 Å². The molecule has 10 heteroatoms. The Hall–Kier alpha value is -2.75. The van der Waals surface area contributed by atoms with E-state index in [4.69, 9.17) is 21.1 Å². The highest BCUT2D eigenvalue weighted by molar-refractivity contribution is 7.89. The third-order valence-electron chi connectivity index (χ3n) is 5.66. The first kappa shape index (κ1) is 23.4. The van der Waals surface area contributed by atoms with E-state index in [0.29, 0.717) is 29.7 Å². The molecular weight excluding hydrogens is 471 g/mol. The summed E-state index contributed by atoms with van der Waals surface area (Å²) in [5.74, 6) is -0.657. The maximum atomic E-state index is 13.1. The summed E-state index contributed by atoms with van der Waals surface area (Å²) < 4.78 is 50.5.